The molecule has 3 aromatic rings. The molecule has 0 atom stereocenters. The van der Waals surface area contributed by atoms with Gasteiger partial charge in [-0.2, -0.15) is 5.10 Å². The smallest absolute Gasteiger partial charge is 0.269 e. The van der Waals surface area contributed by atoms with E-state index in [0.29, 0.717) is 24.5 Å². The maximum Gasteiger partial charge on any atom is 0.269 e. The second-order valence-corrected chi connectivity index (χ2v) is 5.17. The number of carbonyl (C=O) groups excluding carboxylic acids is 1. The lowest BCUT2D eigenvalue weighted by Crippen LogP contribution is -2.25. The van der Waals surface area contributed by atoms with Crippen LogP contribution in [-0.2, 0) is 6.54 Å². The number of methoxy groups -OCH3 is 1. The highest BCUT2D eigenvalue weighted by Gasteiger charge is 2.10. The van der Waals surface area contributed by atoms with Gasteiger partial charge in [-0.25, -0.2) is 0 Å². The fourth-order valence-electron chi connectivity index (χ4n) is 2.24. The fraction of sp³-hybridized carbons (Fsp3) is 0.250. The summed E-state index contributed by atoms with van der Waals surface area (Å²) in [5, 5.41) is 17.4. The van der Waals surface area contributed by atoms with E-state index in [-0.39, 0.29) is 5.91 Å². The van der Waals surface area contributed by atoms with Gasteiger partial charge in [0.05, 0.1) is 19.0 Å². The van der Waals surface area contributed by atoms with Crippen molar-refractivity contribution < 1.29 is 9.53 Å². The van der Waals surface area contributed by atoms with Crippen molar-refractivity contribution in [2.45, 2.75) is 13.0 Å². The van der Waals surface area contributed by atoms with Gasteiger partial charge in [0.25, 0.3) is 5.91 Å². The quantitative estimate of drug-likeness (QED) is 0.641. The van der Waals surface area contributed by atoms with E-state index in [1.165, 1.54) is 0 Å². The summed E-state index contributed by atoms with van der Waals surface area (Å²) in [7, 11) is 1.62. The van der Waals surface area contributed by atoms with Gasteiger partial charge in [-0.05, 0) is 36.8 Å². The molecule has 0 bridgehead atoms. The zero-order chi connectivity index (χ0) is 16.8. The molecule has 1 aromatic carbocycles. The van der Waals surface area contributed by atoms with E-state index in [9.17, 15) is 4.79 Å². The van der Waals surface area contributed by atoms with Crippen molar-refractivity contribution in [3.63, 3.8) is 0 Å². The first-order chi connectivity index (χ1) is 11.8. The van der Waals surface area contributed by atoms with Crippen LogP contribution in [0.2, 0.25) is 0 Å². The second-order valence-electron chi connectivity index (χ2n) is 5.17. The number of rotatable bonds is 7. The number of benzene rings is 1. The van der Waals surface area contributed by atoms with Crippen LogP contribution in [0.1, 0.15) is 16.9 Å². The van der Waals surface area contributed by atoms with Crippen molar-refractivity contribution in [2.24, 2.45) is 0 Å². The van der Waals surface area contributed by atoms with E-state index in [4.69, 9.17) is 4.74 Å². The van der Waals surface area contributed by atoms with E-state index in [1.54, 1.807) is 30.3 Å². The lowest BCUT2D eigenvalue weighted by Gasteiger charge is -2.03. The molecule has 0 aliphatic carbocycles. The van der Waals surface area contributed by atoms with Crippen LogP contribution in [0.15, 0.2) is 42.7 Å². The molecule has 0 radical (unpaired) electrons. The van der Waals surface area contributed by atoms with Crippen molar-refractivity contribution in [1.82, 2.24) is 30.5 Å². The summed E-state index contributed by atoms with van der Waals surface area (Å²) in [6, 6.07) is 9.24. The molecule has 24 heavy (non-hydrogen) atoms. The van der Waals surface area contributed by atoms with E-state index >= 15 is 0 Å². The Morgan fingerprint density at radius 3 is 2.88 bits per heavy atom. The normalized spacial score (nSPS) is 10.5. The number of hydrogen-bond acceptors (Lipinski definition) is 5. The zero-order valence-electron chi connectivity index (χ0n) is 13.3. The minimum Gasteiger partial charge on any atom is -0.497 e. The van der Waals surface area contributed by atoms with E-state index in [0.717, 1.165) is 17.7 Å². The van der Waals surface area contributed by atoms with Gasteiger partial charge in [-0.1, -0.05) is 5.21 Å². The highest BCUT2D eigenvalue weighted by Crippen LogP contribution is 2.21. The average Bonchev–Trinajstić information content (AvgIpc) is 3.30. The van der Waals surface area contributed by atoms with Crippen molar-refractivity contribution in [3.8, 4) is 17.0 Å². The molecule has 0 aliphatic heterocycles. The Hall–Kier alpha value is -3.16. The predicted molar refractivity (Wildman–Crippen MR) is 87.5 cm³/mol. The SMILES string of the molecule is COc1ccc(-c2cc(C(=O)NCCCn3ccnn3)[nH]n2)cc1. The zero-order valence-corrected chi connectivity index (χ0v) is 13.3. The molecule has 8 nitrogen and oxygen atoms in total. The van der Waals surface area contributed by atoms with Gasteiger partial charge in [0.1, 0.15) is 11.4 Å². The summed E-state index contributed by atoms with van der Waals surface area (Å²) in [6.45, 7) is 1.26. The largest absolute Gasteiger partial charge is 0.497 e. The van der Waals surface area contributed by atoms with Gasteiger partial charge in [0, 0.05) is 24.8 Å². The molecular formula is C16H18N6O2. The van der Waals surface area contributed by atoms with Gasteiger partial charge in [-0.3, -0.25) is 14.6 Å². The molecule has 0 fully saturated rings. The summed E-state index contributed by atoms with van der Waals surface area (Å²) in [4.78, 5) is 12.1. The van der Waals surface area contributed by atoms with Crippen LogP contribution in [0.5, 0.6) is 5.75 Å². The molecule has 124 valence electrons. The van der Waals surface area contributed by atoms with Crippen LogP contribution >= 0.6 is 0 Å². The average molecular weight is 326 g/mol. The maximum absolute atomic E-state index is 12.1. The Morgan fingerprint density at radius 2 is 2.17 bits per heavy atom. The van der Waals surface area contributed by atoms with Gasteiger partial charge < -0.3 is 10.1 Å². The third-order valence-corrected chi connectivity index (χ3v) is 3.53. The minimum absolute atomic E-state index is 0.180. The van der Waals surface area contributed by atoms with Crippen molar-refractivity contribution >= 4 is 5.91 Å². The minimum atomic E-state index is -0.180. The van der Waals surface area contributed by atoms with E-state index < -0.39 is 0 Å². The van der Waals surface area contributed by atoms with Crippen LogP contribution in [-0.4, -0.2) is 44.8 Å². The molecule has 2 heterocycles. The number of nitrogens with one attached hydrogen (secondary N) is 2. The van der Waals surface area contributed by atoms with Crippen LogP contribution in [0, 0.1) is 0 Å². The molecule has 1 amide bonds. The third kappa shape index (κ3) is 3.78. The number of ether oxygens (including phenoxy) is 1. The summed E-state index contributed by atoms with van der Waals surface area (Å²) in [6.07, 6.45) is 4.19. The van der Waals surface area contributed by atoms with Gasteiger partial charge in [0.2, 0.25) is 0 Å². The Labute approximate surface area is 138 Å². The summed E-state index contributed by atoms with van der Waals surface area (Å²) in [5.41, 5.74) is 2.06. The number of H-pyrrole nitrogens is 1. The molecule has 3 rings (SSSR count). The number of carbonyl (C=O) groups is 1. The molecular weight excluding hydrogens is 308 g/mol. The van der Waals surface area contributed by atoms with Crippen molar-refractivity contribution in [3.05, 3.63) is 48.4 Å². The molecule has 2 N–H and O–H groups in total. The Morgan fingerprint density at radius 1 is 1.33 bits per heavy atom. The van der Waals surface area contributed by atoms with Gasteiger partial charge in [0.15, 0.2) is 0 Å². The monoisotopic (exact) mass is 326 g/mol. The number of aryl methyl sites for hydroxylation is 1. The number of amides is 1. The van der Waals surface area contributed by atoms with E-state index in [2.05, 4.69) is 25.8 Å². The molecule has 0 saturated heterocycles. The second kappa shape index (κ2) is 7.40. The predicted octanol–water partition coefficient (Wildman–Crippen LogP) is 1.50. The van der Waals surface area contributed by atoms with Crippen molar-refractivity contribution in [2.75, 3.05) is 13.7 Å². The number of aromatic nitrogens is 5. The Balaban J connectivity index is 1.53. The molecule has 8 heteroatoms. The molecule has 0 unspecified atom stereocenters. The first-order valence-electron chi connectivity index (χ1n) is 7.58. The standard InChI is InChI=1S/C16H18N6O2/c1-24-13-5-3-12(4-6-13)14-11-15(20-19-14)16(23)17-7-2-9-22-10-8-18-21-22/h3-6,8,10-11H,2,7,9H2,1H3,(H,17,23)(H,19,20). The number of nitrogens with zero attached hydrogens (tertiary/aromatic N) is 4. The first-order valence-corrected chi connectivity index (χ1v) is 7.58. The lowest BCUT2D eigenvalue weighted by molar-refractivity contribution is 0.0947. The van der Waals surface area contributed by atoms with Crippen LogP contribution in [0.25, 0.3) is 11.3 Å². The highest BCUT2D eigenvalue weighted by molar-refractivity contribution is 5.93. The summed E-state index contributed by atoms with van der Waals surface area (Å²) in [5.74, 6) is 0.598. The molecule has 0 aliphatic rings. The first kappa shape index (κ1) is 15.7. The van der Waals surface area contributed by atoms with Crippen LogP contribution in [0.4, 0.5) is 0 Å². The molecule has 0 saturated carbocycles. The molecule has 2 aromatic heterocycles. The number of aromatic amines is 1. The topological polar surface area (TPSA) is 97.7 Å². The van der Waals surface area contributed by atoms with Crippen LogP contribution in [0.3, 0.4) is 0 Å². The molecule has 0 spiro atoms. The third-order valence-electron chi connectivity index (χ3n) is 3.53. The summed E-state index contributed by atoms with van der Waals surface area (Å²) >= 11 is 0. The number of hydrogen-bond donors (Lipinski definition) is 2. The van der Waals surface area contributed by atoms with Crippen LogP contribution < -0.4 is 10.1 Å². The van der Waals surface area contributed by atoms with E-state index in [1.807, 2.05) is 24.3 Å². The van der Waals surface area contributed by atoms with Gasteiger partial charge in [-0.15, -0.1) is 5.10 Å². The van der Waals surface area contributed by atoms with Gasteiger partial charge >= 0.3 is 0 Å². The lowest BCUT2D eigenvalue weighted by atomic mass is 10.1. The Kier molecular flexibility index (Phi) is 4.85. The highest BCUT2D eigenvalue weighted by atomic mass is 16.5. The van der Waals surface area contributed by atoms with Crippen molar-refractivity contribution in [1.29, 1.82) is 0 Å². The maximum atomic E-state index is 12.1. The summed E-state index contributed by atoms with van der Waals surface area (Å²) < 4.78 is 6.85. The Bertz CT molecular complexity index is 779. The fourth-order valence-corrected chi connectivity index (χ4v) is 2.24.